The molecule has 2 saturated heterocycles. The van der Waals surface area contributed by atoms with Gasteiger partial charge in [-0.05, 0) is 52.5 Å². The van der Waals surface area contributed by atoms with Gasteiger partial charge in [-0.15, -0.1) is 0 Å². The number of halogens is 1. The molecule has 1 amide bonds. The molecule has 2 fully saturated rings. The summed E-state index contributed by atoms with van der Waals surface area (Å²) in [6.07, 6.45) is 5.77. The third kappa shape index (κ3) is 5.60. The maximum Gasteiger partial charge on any atom is 0.257 e. The molecule has 1 aromatic heterocycles. The summed E-state index contributed by atoms with van der Waals surface area (Å²) < 4.78 is 40.9. The van der Waals surface area contributed by atoms with E-state index < -0.39 is 10.0 Å². The lowest BCUT2D eigenvalue weighted by Gasteiger charge is -2.50. The molecule has 1 aromatic carbocycles. The summed E-state index contributed by atoms with van der Waals surface area (Å²) >= 11 is 0. The molecule has 2 aliphatic rings. The molecule has 10 heteroatoms. The SMILES string of the molecule is Cc1ncnc(C)c1C(=O)N1CCC(C)(N2CCC(N(Cc3ccccc3F)S(C)(=O)=O)CC2)CC1. The molecule has 0 bridgehead atoms. The Kier molecular flexibility index (Phi) is 7.78. The highest BCUT2D eigenvalue weighted by molar-refractivity contribution is 7.88. The lowest BCUT2D eigenvalue weighted by atomic mass is 9.85. The smallest absolute Gasteiger partial charge is 0.257 e. The monoisotopic (exact) mass is 517 g/mol. The predicted molar refractivity (Wildman–Crippen MR) is 136 cm³/mol. The fourth-order valence-corrected chi connectivity index (χ4v) is 6.70. The highest BCUT2D eigenvalue weighted by atomic mass is 32.2. The first kappa shape index (κ1) is 26.6. The van der Waals surface area contributed by atoms with E-state index >= 15 is 0 Å². The van der Waals surface area contributed by atoms with Gasteiger partial charge in [0.2, 0.25) is 10.0 Å². The minimum atomic E-state index is -3.49. The van der Waals surface area contributed by atoms with E-state index in [1.807, 2.05) is 18.7 Å². The number of carbonyl (C=O) groups excluding carboxylic acids is 1. The maximum absolute atomic E-state index is 14.2. The normalized spacial score (nSPS) is 19.6. The van der Waals surface area contributed by atoms with E-state index in [2.05, 4.69) is 21.8 Å². The van der Waals surface area contributed by atoms with Crippen molar-refractivity contribution >= 4 is 15.9 Å². The van der Waals surface area contributed by atoms with E-state index in [9.17, 15) is 17.6 Å². The Bertz CT molecular complexity index is 1190. The minimum Gasteiger partial charge on any atom is -0.338 e. The Morgan fingerprint density at radius 3 is 2.22 bits per heavy atom. The van der Waals surface area contributed by atoms with Crippen LogP contribution in [0.1, 0.15) is 59.9 Å². The second-order valence-corrected chi connectivity index (χ2v) is 12.3. The van der Waals surface area contributed by atoms with Crippen molar-refractivity contribution in [3.63, 3.8) is 0 Å². The van der Waals surface area contributed by atoms with Gasteiger partial charge in [-0.3, -0.25) is 9.69 Å². The number of hydrogen-bond acceptors (Lipinski definition) is 6. The average Bonchev–Trinajstić information content (AvgIpc) is 2.83. The molecule has 36 heavy (non-hydrogen) atoms. The van der Waals surface area contributed by atoms with Crippen molar-refractivity contribution in [1.82, 2.24) is 24.1 Å². The molecule has 0 aliphatic carbocycles. The number of aromatic nitrogens is 2. The van der Waals surface area contributed by atoms with Crippen molar-refractivity contribution < 1.29 is 17.6 Å². The molecule has 0 atom stereocenters. The molecule has 2 aliphatic heterocycles. The van der Waals surface area contributed by atoms with Crippen LogP contribution in [0.2, 0.25) is 0 Å². The van der Waals surface area contributed by atoms with Gasteiger partial charge < -0.3 is 4.90 Å². The van der Waals surface area contributed by atoms with Gasteiger partial charge in [-0.2, -0.15) is 4.31 Å². The van der Waals surface area contributed by atoms with Crippen LogP contribution in [0.25, 0.3) is 0 Å². The molecular weight excluding hydrogens is 481 g/mol. The summed E-state index contributed by atoms with van der Waals surface area (Å²) in [5, 5.41) is 0. The Morgan fingerprint density at radius 2 is 1.67 bits per heavy atom. The van der Waals surface area contributed by atoms with Crippen molar-refractivity contribution in [2.75, 3.05) is 32.4 Å². The topological polar surface area (TPSA) is 86.7 Å². The molecule has 0 unspecified atom stereocenters. The predicted octanol–water partition coefficient (Wildman–Crippen LogP) is 3.15. The van der Waals surface area contributed by atoms with Crippen molar-refractivity contribution in [1.29, 1.82) is 0 Å². The Labute approximate surface area is 213 Å². The Morgan fingerprint density at radius 1 is 1.08 bits per heavy atom. The molecule has 8 nitrogen and oxygen atoms in total. The van der Waals surface area contributed by atoms with Crippen molar-refractivity contribution in [3.8, 4) is 0 Å². The highest BCUT2D eigenvalue weighted by Gasteiger charge is 2.40. The fraction of sp³-hybridized carbons (Fsp3) is 0.577. The lowest BCUT2D eigenvalue weighted by Crippen LogP contribution is -2.58. The van der Waals surface area contributed by atoms with E-state index in [0.717, 1.165) is 25.9 Å². The van der Waals surface area contributed by atoms with Crippen LogP contribution in [-0.4, -0.2) is 82.4 Å². The van der Waals surface area contributed by atoms with E-state index in [1.54, 1.807) is 18.2 Å². The molecule has 0 radical (unpaired) electrons. The number of carbonyl (C=O) groups is 1. The number of amides is 1. The van der Waals surface area contributed by atoms with Crippen LogP contribution in [0.5, 0.6) is 0 Å². The van der Waals surface area contributed by atoms with Gasteiger partial charge >= 0.3 is 0 Å². The first-order valence-electron chi connectivity index (χ1n) is 12.5. The number of sulfonamides is 1. The second kappa shape index (κ2) is 10.5. The largest absolute Gasteiger partial charge is 0.338 e. The number of rotatable bonds is 6. The Hall–Kier alpha value is -2.43. The molecule has 0 spiro atoms. The van der Waals surface area contributed by atoms with Crippen LogP contribution in [0, 0.1) is 19.7 Å². The molecule has 0 N–H and O–H groups in total. The molecule has 3 heterocycles. The number of aryl methyl sites for hydroxylation is 2. The van der Waals surface area contributed by atoms with Crippen LogP contribution in [0.4, 0.5) is 4.39 Å². The minimum absolute atomic E-state index is 0.0108. The quantitative estimate of drug-likeness (QED) is 0.585. The zero-order chi connectivity index (χ0) is 26.1. The third-order valence-electron chi connectivity index (χ3n) is 7.91. The molecule has 4 rings (SSSR count). The summed E-state index contributed by atoms with van der Waals surface area (Å²) in [5.74, 6) is -0.395. The molecule has 2 aromatic rings. The van der Waals surface area contributed by atoms with Gasteiger partial charge in [-0.25, -0.2) is 22.8 Å². The standard InChI is InChI=1S/C26H36FN5O3S/c1-19-24(20(2)29-18-28-19)25(33)30-15-11-26(3,12-16-30)31-13-9-22(10-14-31)32(36(4,34)35)17-21-7-5-6-8-23(21)27/h5-8,18,22H,9-17H2,1-4H3. The summed E-state index contributed by atoms with van der Waals surface area (Å²) in [6.45, 7) is 8.82. The zero-order valence-corrected chi connectivity index (χ0v) is 22.4. The van der Waals surface area contributed by atoms with E-state index in [4.69, 9.17) is 0 Å². The first-order valence-corrected chi connectivity index (χ1v) is 14.4. The van der Waals surface area contributed by atoms with Gasteiger partial charge in [0.1, 0.15) is 12.1 Å². The lowest BCUT2D eigenvalue weighted by molar-refractivity contribution is 0.00943. The summed E-state index contributed by atoms with van der Waals surface area (Å²) in [4.78, 5) is 25.9. The van der Waals surface area contributed by atoms with E-state index in [-0.39, 0.29) is 29.8 Å². The number of likely N-dealkylation sites (tertiary alicyclic amines) is 2. The number of hydrogen-bond donors (Lipinski definition) is 0. The van der Waals surface area contributed by atoms with Crippen LogP contribution in [0.15, 0.2) is 30.6 Å². The summed E-state index contributed by atoms with van der Waals surface area (Å²) in [6, 6.07) is 6.18. The van der Waals surface area contributed by atoms with Crippen LogP contribution in [-0.2, 0) is 16.6 Å². The van der Waals surface area contributed by atoms with Gasteiger partial charge in [-0.1, -0.05) is 18.2 Å². The zero-order valence-electron chi connectivity index (χ0n) is 21.6. The molecule has 0 saturated carbocycles. The average molecular weight is 518 g/mol. The first-order chi connectivity index (χ1) is 17.0. The Balaban J connectivity index is 1.38. The van der Waals surface area contributed by atoms with Crippen LogP contribution in [0.3, 0.4) is 0 Å². The fourth-order valence-electron chi connectivity index (χ4n) is 5.57. The number of benzene rings is 1. The van der Waals surface area contributed by atoms with Gasteiger partial charge in [0.15, 0.2) is 0 Å². The molecule has 196 valence electrons. The summed E-state index contributed by atoms with van der Waals surface area (Å²) in [5.41, 5.74) is 2.34. The maximum atomic E-state index is 14.2. The number of nitrogens with zero attached hydrogens (tertiary/aromatic N) is 5. The van der Waals surface area contributed by atoms with Crippen LogP contribution >= 0.6 is 0 Å². The van der Waals surface area contributed by atoms with Crippen molar-refractivity contribution in [3.05, 3.63) is 58.9 Å². The second-order valence-electron chi connectivity index (χ2n) is 10.3. The van der Waals surface area contributed by atoms with E-state index in [1.165, 1.54) is 23.0 Å². The summed E-state index contributed by atoms with van der Waals surface area (Å²) in [7, 11) is -3.49. The third-order valence-corrected chi connectivity index (χ3v) is 9.19. The van der Waals surface area contributed by atoms with Gasteiger partial charge in [0, 0.05) is 49.9 Å². The van der Waals surface area contributed by atoms with Gasteiger partial charge in [0.05, 0.1) is 23.2 Å². The van der Waals surface area contributed by atoms with Gasteiger partial charge in [0.25, 0.3) is 5.91 Å². The van der Waals surface area contributed by atoms with Crippen molar-refractivity contribution in [2.24, 2.45) is 0 Å². The number of piperidine rings is 2. The van der Waals surface area contributed by atoms with Crippen LogP contribution < -0.4 is 0 Å². The van der Waals surface area contributed by atoms with Crippen molar-refractivity contribution in [2.45, 2.75) is 64.6 Å². The molecular formula is C26H36FN5O3S. The van der Waals surface area contributed by atoms with E-state index in [0.29, 0.717) is 48.4 Å². The highest BCUT2D eigenvalue weighted by Crippen LogP contribution is 2.33.